The van der Waals surface area contributed by atoms with Crippen LogP contribution in [0.5, 0.6) is 5.75 Å². The number of aliphatic hydroxyl groups excluding tert-OH is 1. The first-order valence-electron chi connectivity index (χ1n) is 8.00. The molecular weight excluding hydrogens is 332 g/mol. The SMILES string of the molecule is N#CCc1ccc(OC[C@H](O)CSc2ccc3ccccc3n2)cc1. The number of fused-ring (bicyclic) bond motifs is 1. The van der Waals surface area contributed by atoms with Crippen LogP contribution < -0.4 is 4.74 Å². The molecule has 1 aromatic heterocycles. The van der Waals surface area contributed by atoms with E-state index >= 15 is 0 Å². The molecule has 1 N–H and O–H groups in total. The fourth-order valence-electron chi connectivity index (χ4n) is 2.34. The Hall–Kier alpha value is -2.55. The molecule has 0 saturated heterocycles. The molecule has 0 spiro atoms. The minimum Gasteiger partial charge on any atom is -0.491 e. The van der Waals surface area contributed by atoms with Gasteiger partial charge < -0.3 is 9.84 Å². The molecule has 0 amide bonds. The van der Waals surface area contributed by atoms with E-state index < -0.39 is 6.10 Å². The number of nitriles is 1. The van der Waals surface area contributed by atoms with Gasteiger partial charge in [0, 0.05) is 11.1 Å². The summed E-state index contributed by atoms with van der Waals surface area (Å²) < 4.78 is 5.59. The quantitative estimate of drug-likeness (QED) is 0.656. The van der Waals surface area contributed by atoms with E-state index in [0.29, 0.717) is 17.9 Å². The smallest absolute Gasteiger partial charge is 0.119 e. The van der Waals surface area contributed by atoms with Crippen LogP contribution in [0.2, 0.25) is 0 Å². The highest BCUT2D eigenvalue weighted by Crippen LogP contribution is 2.21. The van der Waals surface area contributed by atoms with E-state index in [1.54, 1.807) is 0 Å². The van der Waals surface area contributed by atoms with Crippen molar-refractivity contribution < 1.29 is 9.84 Å². The normalized spacial score (nSPS) is 11.8. The Morgan fingerprint density at radius 3 is 2.68 bits per heavy atom. The van der Waals surface area contributed by atoms with Gasteiger partial charge in [-0.25, -0.2) is 4.98 Å². The van der Waals surface area contributed by atoms with Crippen molar-refractivity contribution in [2.75, 3.05) is 12.4 Å². The number of rotatable bonds is 7. The lowest BCUT2D eigenvalue weighted by Gasteiger charge is -2.12. The van der Waals surface area contributed by atoms with Gasteiger partial charge in [-0.3, -0.25) is 0 Å². The zero-order valence-electron chi connectivity index (χ0n) is 13.6. The van der Waals surface area contributed by atoms with Crippen LogP contribution in [-0.2, 0) is 6.42 Å². The predicted molar refractivity (Wildman–Crippen MR) is 99.7 cm³/mol. The minimum atomic E-state index is -0.586. The summed E-state index contributed by atoms with van der Waals surface area (Å²) in [6, 6.07) is 21.4. The number of benzene rings is 2. The average molecular weight is 350 g/mol. The Balaban J connectivity index is 1.48. The van der Waals surface area contributed by atoms with Gasteiger partial charge in [0.15, 0.2) is 0 Å². The number of aliphatic hydroxyl groups is 1. The highest BCUT2D eigenvalue weighted by molar-refractivity contribution is 7.99. The van der Waals surface area contributed by atoms with Gasteiger partial charge in [0.1, 0.15) is 12.4 Å². The van der Waals surface area contributed by atoms with Crippen molar-refractivity contribution in [1.29, 1.82) is 5.26 Å². The second-order valence-electron chi connectivity index (χ2n) is 5.60. The number of thioether (sulfide) groups is 1. The van der Waals surface area contributed by atoms with E-state index in [-0.39, 0.29) is 6.61 Å². The maximum absolute atomic E-state index is 10.1. The van der Waals surface area contributed by atoms with Crippen molar-refractivity contribution in [1.82, 2.24) is 4.98 Å². The monoisotopic (exact) mass is 350 g/mol. The van der Waals surface area contributed by atoms with E-state index in [1.165, 1.54) is 11.8 Å². The molecular formula is C20H18N2O2S. The second kappa shape index (κ2) is 8.52. The third-order valence-corrected chi connectivity index (χ3v) is 4.72. The van der Waals surface area contributed by atoms with Crippen LogP contribution in [0.1, 0.15) is 5.56 Å². The molecule has 126 valence electrons. The Morgan fingerprint density at radius 2 is 1.88 bits per heavy atom. The summed E-state index contributed by atoms with van der Waals surface area (Å²) in [7, 11) is 0. The minimum absolute atomic E-state index is 0.220. The maximum Gasteiger partial charge on any atom is 0.119 e. The summed E-state index contributed by atoms with van der Waals surface area (Å²) in [5.74, 6) is 1.20. The molecule has 0 unspecified atom stereocenters. The molecule has 3 aromatic rings. The van der Waals surface area contributed by atoms with Crippen molar-refractivity contribution in [3.05, 3.63) is 66.2 Å². The first-order valence-corrected chi connectivity index (χ1v) is 8.98. The zero-order valence-corrected chi connectivity index (χ0v) is 14.4. The summed E-state index contributed by atoms with van der Waals surface area (Å²) in [6.07, 6.45) is -0.199. The molecule has 0 saturated carbocycles. The third kappa shape index (κ3) is 4.96. The molecule has 3 rings (SSSR count). The summed E-state index contributed by atoms with van der Waals surface area (Å²) >= 11 is 1.51. The molecule has 0 radical (unpaired) electrons. The van der Waals surface area contributed by atoms with Gasteiger partial charge in [0.25, 0.3) is 0 Å². The summed E-state index contributed by atoms with van der Waals surface area (Å²) in [5, 5.41) is 20.8. The van der Waals surface area contributed by atoms with Gasteiger partial charge in [-0.15, -0.1) is 11.8 Å². The lowest BCUT2D eigenvalue weighted by atomic mass is 10.2. The molecule has 0 aliphatic carbocycles. The average Bonchev–Trinajstić information content (AvgIpc) is 2.66. The van der Waals surface area contributed by atoms with Crippen molar-refractivity contribution in [2.45, 2.75) is 17.6 Å². The van der Waals surface area contributed by atoms with Gasteiger partial charge in [0.05, 0.1) is 29.1 Å². The number of pyridine rings is 1. The second-order valence-corrected chi connectivity index (χ2v) is 6.64. The van der Waals surface area contributed by atoms with Crippen LogP contribution in [-0.4, -0.2) is 28.6 Å². The Bertz CT molecular complexity index is 875. The first-order chi connectivity index (χ1) is 12.2. The van der Waals surface area contributed by atoms with Gasteiger partial charge >= 0.3 is 0 Å². The number of nitrogens with zero attached hydrogens (tertiary/aromatic N) is 2. The van der Waals surface area contributed by atoms with Crippen LogP contribution in [0.4, 0.5) is 0 Å². The number of para-hydroxylation sites is 1. The van der Waals surface area contributed by atoms with Gasteiger partial charge in [0.2, 0.25) is 0 Å². The molecule has 1 heterocycles. The molecule has 2 aromatic carbocycles. The Labute approximate surface area is 151 Å². The van der Waals surface area contributed by atoms with Gasteiger partial charge in [-0.2, -0.15) is 5.26 Å². The first kappa shape index (κ1) is 17.3. The molecule has 0 fully saturated rings. The standard InChI is InChI=1S/C20H18N2O2S/c21-12-11-15-5-8-18(9-6-15)24-13-17(23)14-25-20-10-7-16-3-1-2-4-19(16)22-20/h1-10,17,23H,11,13-14H2/t17-/m0/s1. The lowest BCUT2D eigenvalue weighted by Crippen LogP contribution is -2.20. The number of hydrogen-bond acceptors (Lipinski definition) is 5. The fourth-order valence-corrected chi connectivity index (χ4v) is 3.13. The zero-order chi connectivity index (χ0) is 17.5. The lowest BCUT2D eigenvalue weighted by molar-refractivity contribution is 0.126. The molecule has 0 aliphatic heterocycles. The van der Waals surface area contributed by atoms with E-state index in [9.17, 15) is 5.11 Å². The Kier molecular flexibility index (Phi) is 5.89. The number of hydrogen-bond donors (Lipinski definition) is 1. The fraction of sp³-hybridized carbons (Fsp3) is 0.200. The highest BCUT2D eigenvalue weighted by atomic mass is 32.2. The van der Waals surface area contributed by atoms with E-state index in [1.807, 2.05) is 60.7 Å². The third-order valence-electron chi connectivity index (χ3n) is 3.65. The molecule has 5 heteroatoms. The summed E-state index contributed by atoms with van der Waals surface area (Å²) in [4.78, 5) is 4.58. The summed E-state index contributed by atoms with van der Waals surface area (Å²) in [6.45, 7) is 0.220. The van der Waals surface area contributed by atoms with Crippen LogP contribution in [0.15, 0.2) is 65.7 Å². The number of ether oxygens (including phenoxy) is 1. The Morgan fingerprint density at radius 1 is 1.08 bits per heavy atom. The van der Waals surface area contributed by atoms with Crippen molar-refractivity contribution in [3.63, 3.8) is 0 Å². The van der Waals surface area contributed by atoms with Crippen LogP contribution in [0.25, 0.3) is 10.9 Å². The van der Waals surface area contributed by atoms with Crippen LogP contribution in [0.3, 0.4) is 0 Å². The van der Waals surface area contributed by atoms with Gasteiger partial charge in [-0.1, -0.05) is 36.4 Å². The molecule has 0 aliphatic rings. The largest absolute Gasteiger partial charge is 0.491 e. The van der Waals surface area contributed by atoms with Crippen molar-refractivity contribution >= 4 is 22.7 Å². The van der Waals surface area contributed by atoms with E-state index in [0.717, 1.165) is 21.5 Å². The molecule has 0 bridgehead atoms. The highest BCUT2D eigenvalue weighted by Gasteiger charge is 2.08. The topological polar surface area (TPSA) is 66.1 Å². The van der Waals surface area contributed by atoms with Gasteiger partial charge in [-0.05, 0) is 29.8 Å². The maximum atomic E-state index is 10.1. The molecule has 4 nitrogen and oxygen atoms in total. The van der Waals surface area contributed by atoms with Crippen LogP contribution in [0, 0.1) is 11.3 Å². The van der Waals surface area contributed by atoms with Crippen molar-refractivity contribution in [3.8, 4) is 11.8 Å². The summed E-state index contributed by atoms with van der Waals surface area (Å²) in [5.41, 5.74) is 1.91. The predicted octanol–water partition coefficient (Wildman–Crippen LogP) is 3.83. The van der Waals surface area contributed by atoms with Crippen molar-refractivity contribution in [2.24, 2.45) is 0 Å². The molecule has 25 heavy (non-hydrogen) atoms. The van der Waals surface area contributed by atoms with Crippen LogP contribution >= 0.6 is 11.8 Å². The van der Waals surface area contributed by atoms with E-state index in [4.69, 9.17) is 10.00 Å². The molecule has 1 atom stereocenters. The number of aromatic nitrogens is 1. The van der Waals surface area contributed by atoms with E-state index in [2.05, 4.69) is 11.1 Å².